The predicted octanol–water partition coefficient (Wildman–Crippen LogP) is 3.45. The van der Waals surface area contributed by atoms with Crippen LogP contribution in [0, 0.1) is 0 Å². The largest absolute Gasteiger partial charge is 0.334 e. The average Bonchev–Trinajstić information content (AvgIpc) is 2.73. The second kappa shape index (κ2) is 7.68. The summed E-state index contributed by atoms with van der Waals surface area (Å²) < 4.78 is 27.5. The first kappa shape index (κ1) is 19.2. The third kappa shape index (κ3) is 3.59. The average molecular weight is 399 g/mol. The number of piperidine rings is 1. The Balaban J connectivity index is 1.51. The molecule has 2 aliphatic heterocycles. The highest BCUT2D eigenvalue weighted by Crippen LogP contribution is 2.26. The molecule has 148 valence electrons. The van der Waals surface area contributed by atoms with Gasteiger partial charge in [0.1, 0.15) is 0 Å². The van der Waals surface area contributed by atoms with Gasteiger partial charge in [0.25, 0.3) is 5.91 Å². The molecular weight excluding hydrogens is 372 g/mol. The first-order chi connectivity index (χ1) is 13.5. The van der Waals surface area contributed by atoms with E-state index in [0.717, 1.165) is 25.7 Å². The third-order valence-corrected chi connectivity index (χ3v) is 7.90. The van der Waals surface area contributed by atoms with Gasteiger partial charge < -0.3 is 4.90 Å². The highest BCUT2D eigenvalue weighted by Gasteiger charge is 2.31. The molecular formula is C22H26N2O3S. The van der Waals surface area contributed by atoms with Gasteiger partial charge >= 0.3 is 0 Å². The maximum Gasteiger partial charge on any atom is 0.254 e. The number of carbonyl (C=O) groups excluding carboxylic acids is 1. The molecule has 2 aliphatic rings. The van der Waals surface area contributed by atoms with Gasteiger partial charge in [-0.3, -0.25) is 4.79 Å². The lowest BCUT2D eigenvalue weighted by Gasteiger charge is -2.32. The van der Waals surface area contributed by atoms with E-state index >= 15 is 0 Å². The fourth-order valence-corrected chi connectivity index (χ4v) is 5.88. The van der Waals surface area contributed by atoms with Crippen LogP contribution in [0.5, 0.6) is 0 Å². The van der Waals surface area contributed by atoms with Crippen molar-refractivity contribution in [3.05, 3.63) is 65.2 Å². The molecule has 1 amide bonds. The molecule has 4 rings (SSSR count). The molecule has 2 aromatic carbocycles. The molecule has 0 spiro atoms. The van der Waals surface area contributed by atoms with E-state index < -0.39 is 10.0 Å². The van der Waals surface area contributed by atoms with Crippen LogP contribution < -0.4 is 0 Å². The van der Waals surface area contributed by atoms with E-state index in [1.165, 1.54) is 11.1 Å². The Labute approximate surface area is 167 Å². The topological polar surface area (TPSA) is 57.7 Å². The van der Waals surface area contributed by atoms with Crippen molar-refractivity contribution < 1.29 is 13.2 Å². The number of amides is 1. The molecule has 0 bridgehead atoms. The lowest BCUT2D eigenvalue weighted by atomic mass is 9.99. The highest BCUT2D eigenvalue weighted by molar-refractivity contribution is 7.89. The van der Waals surface area contributed by atoms with E-state index in [0.29, 0.717) is 25.2 Å². The number of sulfonamides is 1. The number of rotatable bonds is 3. The number of carbonyl (C=O) groups is 1. The first-order valence-corrected chi connectivity index (χ1v) is 11.4. The highest BCUT2D eigenvalue weighted by atomic mass is 32.2. The van der Waals surface area contributed by atoms with E-state index in [2.05, 4.69) is 12.1 Å². The molecule has 1 saturated heterocycles. The molecule has 1 atom stereocenters. The van der Waals surface area contributed by atoms with E-state index in [-0.39, 0.29) is 16.8 Å². The zero-order valence-corrected chi connectivity index (χ0v) is 17.0. The summed E-state index contributed by atoms with van der Waals surface area (Å²) in [6.07, 6.45) is 3.71. The van der Waals surface area contributed by atoms with Crippen molar-refractivity contribution in [2.75, 3.05) is 13.1 Å². The van der Waals surface area contributed by atoms with Crippen LogP contribution in [0.3, 0.4) is 0 Å². The minimum absolute atomic E-state index is 0.0217. The molecule has 2 heterocycles. The third-order valence-electron chi connectivity index (χ3n) is 5.87. The van der Waals surface area contributed by atoms with Crippen LogP contribution in [0.15, 0.2) is 53.4 Å². The lowest BCUT2D eigenvalue weighted by molar-refractivity contribution is 0.0734. The van der Waals surface area contributed by atoms with Crippen LogP contribution in [0.1, 0.15) is 47.7 Å². The zero-order valence-electron chi connectivity index (χ0n) is 16.2. The molecule has 2 aromatic rings. The molecule has 1 unspecified atom stereocenters. The molecule has 5 nitrogen and oxygen atoms in total. The van der Waals surface area contributed by atoms with Crippen molar-refractivity contribution in [2.45, 2.75) is 50.1 Å². The van der Waals surface area contributed by atoms with Crippen molar-refractivity contribution in [1.29, 1.82) is 0 Å². The summed E-state index contributed by atoms with van der Waals surface area (Å²) in [5, 5.41) is 0. The van der Waals surface area contributed by atoms with Gasteiger partial charge in [0.2, 0.25) is 10.0 Å². The Bertz CT molecular complexity index is 970. The minimum atomic E-state index is -3.51. The van der Waals surface area contributed by atoms with Crippen molar-refractivity contribution in [3.63, 3.8) is 0 Å². The molecule has 0 N–H and O–H groups in total. The summed E-state index contributed by atoms with van der Waals surface area (Å²) in [6.45, 7) is 3.81. The van der Waals surface area contributed by atoms with E-state index in [1.807, 2.05) is 24.0 Å². The van der Waals surface area contributed by atoms with Gasteiger partial charge in [-0.25, -0.2) is 8.42 Å². The van der Waals surface area contributed by atoms with Crippen LogP contribution in [0.2, 0.25) is 0 Å². The van der Waals surface area contributed by atoms with Crippen LogP contribution in [0.25, 0.3) is 0 Å². The Morgan fingerprint density at radius 1 is 0.964 bits per heavy atom. The summed E-state index contributed by atoms with van der Waals surface area (Å²) in [7, 11) is -3.51. The Morgan fingerprint density at radius 3 is 2.39 bits per heavy atom. The van der Waals surface area contributed by atoms with Crippen LogP contribution in [-0.4, -0.2) is 42.7 Å². The number of fused-ring (bicyclic) bond motifs is 1. The normalized spacial score (nSPS) is 20.6. The fourth-order valence-electron chi connectivity index (χ4n) is 4.19. The van der Waals surface area contributed by atoms with Gasteiger partial charge in [-0.05, 0) is 61.6 Å². The Kier molecular flexibility index (Phi) is 5.25. The number of nitrogens with zero attached hydrogens (tertiary/aromatic N) is 2. The molecule has 0 saturated carbocycles. The number of hydrogen-bond donors (Lipinski definition) is 0. The second-order valence-corrected chi connectivity index (χ2v) is 9.62. The monoisotopic (exact) mass is 398 g/mol. The number of hydrogen-bond acceptors (Lipinski definition) is 3. The van der Waals surface area contributed by atoms with E-state index in [4.69, 9.17) is 0 Å². The Hall–Kier alpha value is -2.18. The van der Waals surface area contributed by atoms with Crippen LogP contribution >= 0.6 is 0 Å². The van der Waals surface area contributed by atoms with Crippen molar-refractivity contribution in [2.24, 2.45) is 0 Å². The zero-order chi connectivity index (χ0) is 19.7. The summed E-state index contributed by atoms with van der Waals surface area (Å²) in [5.41, 5.74) is 3.01. The van der Waals surface area contributed by atoms with Gasteiger partial charge in [-0.2, -0.15) is 4.31 Å². The minimum Gasteiger partial charge on any atom is -0.334 e. The maximum absolute atomic E-state index is 12.9. The Morgan fingerprint density at radius 2 is 1.68 bits per heavy atom. The quantitative estimate of drug-likeness (QED) is 0.796. The molecule has 0 radical (unpaired) electrons. The van der Waals surface area contributed by atoms with Gasteiger partial charge in [0, 0.05) is 31.2 Å². The lowest BCUT2D eigenvalue weighted by Crippen LogP contribution is -2.41. The van der Waals surface area contributed by atoms with Gasteiger partial charge in [-0.15, -0.1) is 0 Å². The molecule has 28 heavy (non-hydrogen) atoms. The van der Waals surface area contributed by atoms with Crippen molar-refractivity contribution in [1.82, 2.24) is 9.21 Å². The van der Waals surface area contributed by atoms with Gasteiger partial charge in [0.15, 0.2) is 0 Å². The fraction of sp³-hybridized carbons (Fsp3) is 0.409. The standard InChI is InChI=1S/C22H26N2O3S/c1-17-6-4-5-14-24(17)28(26,27)21-11-9-19(10-12-21)22(25)23-15-13-18-7-2-3-8-20(18)16-23/h2-3,7-12,17H,4-6,13-16H2,1H3. The van der Waals surface area contributed by atoms with E-state index in [1.54, 1.807) is 28.6 Å². The van der Waals surface area contributed by atoms with E-state index in [9.17, 15) is 13.2 Å². The predicted molar refractivity (Wildman–Crippen MR) is 109 cm³/mol. The molecule has 6 heteroatoms. The summed E-state index contributed by atoms with van der Waals surface area (Å²) >= 11 is 0. The molecule has 1 fully saturated rings. The molecule has 0 aromatic heterocycles. The van der Waals surface area contributed by atoms with Crippen LogP contribution in [-0.2, 0) is 23.0 Å². The summed E-state index contributed by atoms with van der Waals surface area (Å²) in [6, 6.07) is 14.6. The summed E-state index contributed by atoms with van der Waals surface area (Å²) in [4.78, 5) is 15.0. The second-order valence-electron chi connectivity index (χ2n) is 7.73. The number of benzene rings is 2. The van der Waals surface area contributed by atoms with Crippen molar-refractivity contribution >= 4 is 15.9 Å². The first-order valence-electron chi connectivity index (χ1n) is 9.95. The van der Waals surface area contributed by atoms with Gasteiger partial charge in [-0.1, -0.05) is 30.7 Å². The maximum atomic E-state index is 12.9. The van der Waals surface area contributed by atoms with Crippen molar-refractivity contribution in [3.8, 4) is 0 Å². The van der Waals surface area contributed by atoms with Gasteiger partial charge in [0.05, 0.1) is 4.90 Å². The summed E-state index contributed by atoms with van der Waals surface area (Å²) in [5.74, 6) is -0.0511. The smallest absolute Gasteiger partial charge is 0.254 e. The SMILES string of the molecule is CC1CCCCN1S(=O)(=O)c1ccc(C(=O)N2CCc3ccccc3C2)cc1. The molecule has 0 aliphatic carbocycles. The van der Waals surface area contributed by atoms with Crippen LogP contribution in [0.4, 0.5) is 0 Å².